The molecule has 0 bridgehead atoms. The predicted octanol–water partition coefficient (Wildman–Crippen LogP) is 2.41. The van der Waals surface area contributed by atoms with Gasteiger partial charge in [0.1, 0.15) is 11.8 Å². The zero-order chi connectivity index (χ0) is 15.4. The second-order valence-corrected chi connectivity index (χ2v) is 5.05. The first-order valence-corrected chi connectivity index (χ1v) is 6.73. The van der Waals surface area contributed by atoms with Gasteiger partial charge in [-0.15, -0.1) is 0 Å². The Morgan fingerprint density at radius 2 is 1.90 bits per heavy atom. The molecule has 0 heterocycles. The predicted molar refractivity (Wildman–Crippen MR) is 82.0 cm³/mol. The molecule has 0 saturated carbocycles. The summed E-state index contributed by atoms with van der Waals surface area (Å²) >= 11 is 0. The molecule has 0 aliphatic rings. The summed E-state index contributed by atoms with van der Waals surface area (Å²) in [6, 6.07) is 12.4. The van der Waals surface area contributed by atoms with Crippen LogP contribution in [0.5, 0.6) is 5.75 Å². The Bertz CT molecular complexity index is 635. The number of phenols is 1. The fraction of sp³-hybridized carbons (Fsp3) is 0.235. The molecule has 1 unspecified atom stereocenters. The van der Waals surface area contributed by atoms with E-state index >= 15 is 0 Å². The first-order valence-electron chi connectivity index (χ1n) is 6.73. The highest BCUT2D eigenvalue weighted by molar-refractivity contribution is 5.76. The highest BCUT2D eigenvalue weighted by Crippen LogP contribution is 2.30. The largest absolute Gasteiger partial charge is 0.507 e. The third-order valence-electron chi connectivity index (χ3n) is 3.38. The number of benzene rings is 2. The van der Waals surface area contributed by atoms with Crippen molar-refractivity contribution in [1.29, 1.82) is 0 Å². The van der Waals surface area contributed by atoms with E-state index in [9.17, 15) is 9.90 Å². The van der Waals surface area contributed by atoms with Gasteiger partial charge in [-0.25, -0.2) is 0 Å². The number of nitrogens with two attached hydrogens (primary N) is 1. The quantitative estimate of drug-likeness (QED) is 0.846. The fourth-order valence-electron chi connectivity index (χ4n) is 2.16. The molecule has 0 fully saturated rings. The van der Waals surface area contributed by atoms with E-state index in [1.54, 1.807) is 12.1 Å². The summed E-state index contributed by atoms with van der Waals surface area (Å²) in [5, 5.41) is 10.0. The maximum Gasteiger partial charge on any atom is 0.322 e. The molecule has 0 spiro atoms. The Labute approximate surface area is 124 Å². The van der Waals surface area contributed by atoms with Gasteiger partial charge in [0, 0.05) is 5.56 Å². The zero-order valence-electron chi connectivity index (χ0n) is 12.2. The first-order chi connectivity index (χ1) is 10.0. The van der Waals surface area contributed by atoms with Crippen LogP contribution >= 0.6 is 0 Å². The van der Waals surface area contributed by atoms with E-state index in [1.807, 2.05) is 37.3 Å². The Morgan fingerprint density at radius 1 is 1.24 bits per heavy atom. The number of ether oxygens (including phenoxy) is 1. The van der Waals surface area contributed by atoms with Gasteiger partial charge in [0.2, 0.25) is 0 Å². The average Bonchev–Trinajstić information content (AvgIpc) is 2.49. The lowest BCUT2D eigenvalue weighted by molar-refractivity contribution is -0.142. The number of phenolic OH excluding ortho intramolecular Hbond substituents is 1. The third kappa shape index (κ3) is 3.61. The van der Waals surface area contributed by atoms with Crippen LogP contribution in [0.2, 0.25) is 0 Å². The van der Waals surface area contributed by atoms with Crippen molar-refractivity contribution < 1.29 is 14.6 Å². The smallest absolute Gasteiger partial charge is 0.322 e. The maximum absolute atomic E-state index is 11.4. The summed E-state index contributed by atoms with van der Waals surface area (Å²) in [6.45, 7) is 2.01. The average molecular weight is 285 g/mol. The van der Waals surface area contributed by atoms with Gasteiger partial charge < -0.3 is 15.6 Å². The first kappa shape index (κ1) is 15.1. The highest BCUT2D eigenvalue weighted by atomic mass is 16.5. The van der Waals surface area contributed by atoms with Crippen molar-refractivity contribution in [3.63, 3.8) is 0 Å². The van der Waals surface area contributed by atoms with Crippen LogP contribution < -0.4 is 5.73 Å². The molecule has 2 aromatic rings. The second-order valence-electron chi connectivity index (χ2n) is 5.05. The Kier molecular flexibility index (Phi) is 4.60. The van der Waals surface area contributed by atoms with Gasteiger partial charge in [0.05, 0.1) is 7.11 Å². The van der Waals surface area contributed by atoms with Crippen LogP contribution in [0.1, 0.15) is 11.1 Å². The molecule has 4 nitrogen and oxygen atoms in total. The topological polar surface area (TPSA) is 72.5 Å². The molecule has 0 aliphatic heterocycles. The Hall–Kier alpha value is -2.33. The van der Waals surface area contributed by atoms with E-state index in [0.717, 1.165) is 22.3 Å². The van der Waals surface area contributed by atoms with Crippen LogP contribution in [0.3, 0.4) is 0 Å². The number of aromatic hydroxyl groups is 1. The van der Waals surface area contributed by atoms with Crippen molar-refractivity contribution >= 4 is 5.97 Å². The Morgan fingerprint density at radius 3 is 2.52 bits per heavy atom. The molecule has 21 heavy (non-hydrogen) atoms. The third-order valence-corrected chi connectivity index (χ3v) is 3.38. The van der Waals surface area contributed by atoms with E-state index in [0.29, 0.717) is 6.42 Å². The molecule has 0 radical (unpaired) electrons. The molecule has 2 aromatic carbocycles. The highest BCUT2D eigenvalue weighted by Gasteiger charge is 2.15. The number of rotatable bonds is 4. The molecule has 0 aliphatic carbocycles. The van der Waals surface area contributed by atoms with E-state index in [2.05, 4.69) is 4.74 Å². The summed E-state index contributed by atoms with van der Waals surface area (Å²) in [4.78, 5) is 11.4. The van der Waals surface area contributed by atoms with Crippen molar-refractivity contribution in [2.45, 2.75) is 19.4 Å². The second kappa shape index (κ2) is 6.41. The molecule has 2 rings (SSSR count). The monoisotopic (exact) mass is 285 g/mol. The lowest BCUT2D eigenvalue weighted by Crippen LogP contribution is -2.33. The molecule has 0 aromatic heterocycles. The lowest BCUT2D eigenvalue weighted by Gasteiger charge is -2.12. The summed E-state index contributed by atoms with van der Waals surface area (Å²) in [6.07, 6.45) is 0.367. The number of aryl methyl sites for hydroxylation is 1. The number of carbonyl (C=O) groups excluding carboxylic acids is 1. The number of methoxy groups -OCH3 is 1. The molecule has 4 heteroatoms. The van der Waals surface area contributed by atoms with E-state index in [1.165, 1.54) is 7.11 Å². The molecule has 3 N–H and O–H groups in total. The van der Waals surface area contributed by atoms with Crippen molar-refractivity contribution in [2.24, 2.45) is 5.73 Å². The molecule has 0 amide bonds. The van der Waals surface area contributed by atoms with E-state index in [4.69, 9.17) is 5.73 Å². The van der Waals surface area contributed by atoms with Crippen LogP contribution in [0.4, 0.5) is 0 Å². The number of hydrogen-bond donors (Lipinski definition) is 2. The SMILES string of the molecule is COC(=O)C(N)Cc1ccc(O)c(-c2ccc(C)cc2)c1. The number of carbonyl (C=O) groups is 1. The number of hydrogen-bond acceptors (Lipinski definition) is 4. The normalized spacial score (nSPS) is 12.0. The minimum absolute atomic E-state index is 0.203. The molecule has 0 saturated heterocycles. The van der Waals surface area contributed by atoms with Crippen molar-refractivity contribution in [1.82, 2.24) is 0 Å². The summed E-state index contributed by atoms with van der Waals surface area (Å²) in [5.74, 6) is -0.241. The van der Waals surface area contributed by atoms with Gasteiger partial charge in [-0.2, -0.15) is 0 Å². The number of esters is 1. The fourth-order valence-corrected chi connectivity index (χ4v) is 2.16. The zero-order valence-corrected chi connectivity index (χ0v) is 12.2. The molecular weight excluding hydrogens is 266 g/mol. The van der Waals surface area contributed by atoms with Crippen LogP contribution in [0.25, 0.3) is 11.1 Å². The van der Waals surface area contributed by atoms with Gasteiger partial charge in [0.15, 0.2) is 0 Å². The minimum atomic E-state index is -0.703. The van der Waals surface area contributed by atoms with Crippen LogP contribution in [0, 0.1) is 6.92 Å². The molecule has 1 atom stereocenters. The van der Waals surface area contributed by atoms with E-state index in [-0.39, 0.29) is 5.75 Å². The summed E-state index contributed by atoms with van der Waals surface area (Å²) in [5.41, 5.74) is 9.45. The minimum Gasteiger partial charge on any atom is -0.507 e. The van der Waals surface area contributed by atoms with Gasteiger partial charge in [-0.1, -0.05) is 35.9 Å². The molecule has 110 valence electrons. The van der Waals surface area contributed by atoms with Gasteiger partial charge >= 0.3 is 5.97 Å². The van der Waals surface area contributed by atoms with Gasteiger partial charge in [-0.3, -0.25) is 4.79 Å². The van der Waals surface area contributed by atoms with E-state index < -0.39 is 12.0 Å². The summed E-state index contributed by atoms with van der Waals surface area (Å²) < 4.78 is 4.62. The standard InChI is InChI=1S/C17H19NO3/c1-11-3-6-13(7-4-11)14-9-12(5-8-16(14)19)10-15(18)17(20)21-2/h3-9,15,19H,10,18H2,1-2H3. The van der Waals surface area contributed by atoms with Gasteiger partial charge in [0.25, 0.3) is 0 Å². The van der Waals surface area contributed by atoms with Crippen molar-refractivity contribution in [3.05, 3.63) is 53.6 Å². The van der Waals surface area contributed by atoms with Crippen molar-refractivity contribution in [2.75, 3.05) is 7.11 Å². The molecular formula is C17H19NO3. The van der Waals surface area contributed by atoms with Crippen LogP contribution in [-0.2, 0) is 16.0 Å². The Balaban J connectivity index is 2.29. The van der Waals surface area contributed by atoms with Crippen LogP contribution in [0.15, 0.2) is 42.5 Å². The van der Waals surface area contributed by atoms with Gasteiger partial charge in [-0.05, 0) is 36.6 Å². The van der Waals surface area contributed by atoms with Crippen molar-refractivity contribution in [3.8, 4) is 16.9 Å². The lowest BCUT2D eigenvalue weighted by atomic mass is 9.98. The summed E-state index contributed by atoms with van der Waals surface area (Å²) in [7, 11) is 1.32. The van der Waals surface area contributed by atoms with Crippen LogP contribution in [-0.4, -0.2) is 24.2 Å². The maximum atomic E-state index is 11.4.